The Hall–Kier alpha value is -0.460. The van der Waals surface area contributed by atoms with Crippen LogP contribution in [0.25, 0.3) is 0 Å². The lowest BCUT2D eigenvalue weighted by molar-refractivity contribution is -0.116. The predicted molar refractivity (Wildman–Crippen MR) is 75.5 cm³/mol. The van der Waals surface area contributed by atoms with Crippen LogP contribution < -0.4 is 0 Å². The molecule has 0 saturated carbocycles. The summed E-state index contributed by atoms with van der Waals surface area (Å²) in [5.74, 6) is 0.0583. The molecule has 18 heavy (non-hydrogen) atoms. The zero-order chi connectivity index (χ0) is 13.3. The van der Waals surface area contributed by atoms with Crippen LogP contribution in [-0.2, 0) is 4.74 Å². The Kier molecular flexibility index (Phi) is 4.08. The van der Waals surface area contributed by atoms with E-state index < -0.39 is 0 Å². The minimum atomic E-state index is -0.300. The zero-order valence-corrected chi connectivity index (χ0v) is 13.2. The van der Waals surface area contributed by atoms with Crippen LogP contribution in [0.3, 0.4) is 0 Å². The van der Waals surface area contributed by atoms with Gasteiger partial charge in [-0.1, -0.05) is 15.9 Å². The third-order valence-corrected chi connectivity index (χ3v) is 4.40. The minimum Gasteiger partial charge on any atom is -0.368 e. The first kappa shape index (κ1) is 14.0. The van der Waals surface area contributed by atoms with Crippen molar-refractivity contribution in [3.63, 3.8) is 0 Å². The highest BCUT2D eigenvalue weighted by Gasteiger charge is 2.35. The van der Waals surface area contributed by atoms with E-state index in [1.165, 1.54) is 11.3 Å². The fraction of sp³-hybridized carbons (Fsp3) is 0.667. The van der Waals surface area contributed by atoms with Gasteiger partial charge < -0.3 is 9.64 Å². The Morgan fingerprint density at radius 3 is 3.00 bits per heavy atom. The van der Waals surface area contributed by atoms with Crippen LogP contribution >= 0.6 is 27.3 Å². The molecule has 6 heteroatoms. The number of carbonyl (C=O) groups excluding carboxylic acids is 1. The number of aromatic nitrogens is 1. The molecule has 2 rings (SSSR count). The minimum absolute atomic E-state index is 0.0479. The van der Waals surface area contributed by atoms with Crippen molar-refractivity contribution in [2.75, 3.05) is 18.4 Å². The van der Waals surface area contributed by atoms with Crippen molar-refractivity contribution in [1.82, 2.24) is 9.88 Å². The average Bonchev–Trinajstić information content (AvgIpc) is 2.72. The monoisotopic (exact) mass is 332 g/mol. The molecule has 1 aliphatic rings. The number of halogens is 1. The highest BCUT2D eigenvalue weighted by atomic mass is 79.9. The van der Waals surface area contributed by atoms with E-state index >= 15 is 0 Å². The van der Waals surface area contributed by atoms with E-state index in [0.29, 0.717) is 18.0 Å². The zero-order valence-electron chi connectivity index (χ0n) is 10.8. The van der Waals surface area contributed by atoms with Crippen LogP contribution in [0, 0.1) is 6.92 Å². The molecule has 2 heterocycles. The van der Waals surface area contributed by atoms with Crippen molar-refractivity contribution in [2.24, 2.45) is 0 Å². The largest absolute Gasteiger partial charge is 0.368 e. The van der Waals surface area contributed by atoms with Crippen LogP contribution in [0.15, 0.2) is 6.20 Å². The summed E-state index contributed by atoms with van der Waals surface area (Å²) < 4.78 is 5.89. The number of carbonyl (C=O) groups is 1. The molecule has 100 valence electrons. The molecule has 0 N–H and O–H groups in total. The summed E-state index contributed by atoms with van der Waals surface area (Å²) in [5, 5.41) is 1.66. The van der Waals surface area contributed by atoms with Gasteiger partial charge in [0.1, 0.15) is 4.88 Å². The van der Waals surface area contributed by atoms with Gasteiger partial charge in [-0.15, -0.1) is 11.3 Å². The number of thiazole rings is 1. The van der Waals surface area contributed by atoms with E-state index in [4.69, 9.17) is 4.74 Å². The van der Waals surface area contributed by atoms with E-state index in [9.17, 15) is 4.79 Å². The van der Waals surface area contributed by atoms with Gasteiger partial charge in [-0.25, -0.2) is 4.98 Å². The fourth-order valence-electron chi connectivity index (χ4n) is 2.15. The van der Waals surface area contributed by atoms with E-state index in [0.717, 1.165) is 10.3 Å². The molecular formula is C12H17BrN2O2S. The van der Waals surface area contributed by atoms with Crippen molar-refractivity contribution in [1.29, 1.82) is 0 Å². The summed E-state index contributed by atoms with van der Waals surface area (Å²) >= 11 is 4.87. The quantitative estimate of drug-likeness (QED) is 0.781. The van der Waals surface area contributed by atoms with Gasteiger partial charge in [0.05, 0.1) is 22.9 Å². The number of morpholine rings is 1. The Bertz CT molecular complexity index is 447. The molecule has 1 aromatic heterocycles. The van der Waals surface area contributed by atoms with Gasteiger partial charge in [0.15, 0.2) is 0 Å². The first-order valence-corrected chi connectivity index (χ1v) is 7.80. The normalized spacial score (nSPS) is 23.1. The smallest absolute Gasteiger partial charge is 0.265 e. The highest BCUT2D eigenvalue weighted by Crippen LogP contribution is 2.24. The number of alkyl halides is 1. The number of rotatable bonds is 2. The lowest BCUT2D eigenvalue weighted by Crippen LogP contribution is -2.55. The number of ether oxygens (including phenoxy) is 1. The van der Waals surface area contributed by atoms with Crippen molar-refractivity contribution in [3.05, 3.63) is 16.1 Å². The number of nitrogens with zero attached hydrogens (tertiary/aromatic N) is 2. The van der Waals surface area contributed by atoms with Gasteiger partial charge in [-0.2, -0.15) is 0 Å². The highest BCUT2D eigenvalue weighted by molar-refractivity contribution is 9.09. The van der Waals surface area contributed by atoms with E-state index in [1.807, 2.05) is 25.7 Å². The molecule has 0 radical (unpaired) electrons. The van der Waals surface area contributed by atoms with Crippen LogP contribution in [-0.4, -0.2) is 45.9 Å². The molecule has 1 unspecified atom stereocenters. The first-order chi connectivity index (χ1) is 8.41. The summed E-state index contributed by atoms with van der Waals surface area (Å²) in [6.07, 6.45) is 1.71. The van der Waals surface area contributed by atoms with E-state index in [1.54, 1.807) is 6.20 Å². The van der Waals surface area contributed by atoms with Gasteiger partial charge in [0, 0.05) is 18.4 Å². The van der Waals surface area contributed by atoms with Gasteiger partial charge in [-0.3, -0.25) is 4.79 Å². The van der Waals surface area contributed by atoms with Crippen molar-refractivity contribution in [3.8, 4) is 0 Å². The number of amides is 1. The van der Waals surface area contributed by atoms with Gasteiger partial charge in [0.2, 0.25) is 0 Å². The number of aryl methyl sites for hydroxylation is 1. The SMILES string of the molecule is Cc1ncc(C(=O)N2CC(CBr)OC(C)(C)C2)s1. The Morgan fingerprint density at radius 1 is 1.72 bits per heavy atom. The second-order valence-electron chi connectivity index (χ2n) is 5.08. The summed E-state index contributed by atoms with van der Waals surface area (Å²) in [4.78, 5) is 19.1. The number of hydrogen-bond donors (Lipinski definition) is 0. The second-order valence-corrected chi connectivity index (χ2v) is 6.97. The third kappa shape index (κ3) is 3.10. The van der Waals surface area contributed by atoms with Crippen LogP contribution in [0.5, 0.6) is 0 Å². The molecule has 0 aliphatic carbocycles. The van der Waals surface area contributed by atoms with Crippen LogP contribution in [0.4, 0.5) is 0 Å². The van der Waals surface area contributed by atoms with Gasteiger partial charge in [-0.05, 0) is 20.8 Å². The maximum Gasteiger partial charge on any atom is 0.265 e. The van der Waals surface area contributed by atoms with E-state index in [-0.39, 0.29) is 17.6 Å². The second kappa shape index (κ2) is 5.27. The lowest BCUT2D eigenvalue weighted by atomic mass is 10.1. The molecular weight excluding hydrogens is 316 g/mol. The Balaban J connectivity index is 2.14. The maximum absolute atomic E-state index is 12.4. The topological polar surface area (TPSA) is 42.4 Å². The standard InChI is InChI=1S/C12H17BrN2O2S/c1-8-14-5-10(18-8)11(16)15-6-9(4-13)17-12(2,3)7-15/h5,9H,4,6-7H2,1-3H3. The molecule has 1 fully saturated rings. The fourth-order valence-corrected chi connectivity index (χ4v) is 3.23. The van der Waals surface area contributed by atoms with Crippen LogP contribution in [0.2, 0.25) is 0 Å². The lowest BCUT2D eigenvalue weighted by Gasteiger charge is -2.42. The van der Waals surface area contributed by atoms with Gasteiger partial charge >= 0.3 is 0 Å². The first-order valence-electron chi connectivity index (χ1n) is 5.87. The molecule has 4 nitrogen and oxygen atoms in total. The molecule has 0 spiro atoms. The van der Waals surface area contributed by atoms with E-state index in [2.05, 4.69) is 20.9 Å². The van der Waals surface area contributed by atoms with Crippen molar-refractivity contribution in [2.45, 2.75) is 32.5 Å². The molecule has 1 atom stereocenters. The maximum atomic E-state index is 12.4. The molecule has 1 aliphatic heterocycles. The average molecular weight is 333 g/mol. The molecule has 1 saturated heterocycles. The summed E-state index contributed by atoms with van der Waals surface area (Å²) in [7, 11) is 0. The Labute approximate surface area is 119 Å². The summed E-state index contributed by atoms with van der Waals surface area (Å²) in [5.41, 5.74) is -0.300. The predicted octanol–water partition coefficient (Wildman–Crippen LogP) is 2.47. The van der Waals surface area contributed by atoms with Crippen molar-refractivity contribution < 1.29 is 9.53 Å². The third-order valence-electron chi connectivity index (χ3n) is 2.77. The molecule has 0 aromatic carbocycles. The summed E-state index contributed by atoms with van der Waals surface area (Å²) in [6.45, 7) is 7.18. The molecule has 0 bridgehead atoms. The van der Waals surface area contributed by atoms with Gasteiger partial charge in [0.25, 0.3) is 5.91 Å². The van der Waals surface area contributed by atoms with Crippen LogP contribution in [0.1, 0.15) is 28.5 Å². The summed E-state index contributed by atoms with van der Waals surface area (Å²) in [6, 6.07) is 0. The number of hydrogen-bond acceptors (Lipinski definition) is 4. The molecule has 1 aromatic rings. The Morgan fingerprint density at radius 2 is 2.44 bits per heavy atom. The molecule has 1 amide bonds. The van der Waals surface area contributed by atoms with Crippen molar-refractivity contribution >= 4 is 33.2 Å².